The molecule has 7 nitrogen and oxygen atoms in total. The van der Waals surface area contributed by atoms with Gasteiger partial charge in [-0.15, -0.1) is 0 Å². The monoisotopic (exact) mass is 360 g/mol. The van der Waals surface area contributed by atoms with Gasteiger partial charge in [-0.05, 0) is 43.0 Å². The highest BCUT2D eigenvalue weighted by atomic mass is 19.3. The van der Waals surface area contributed by atoms with Gasteiger partial charge in [-0.2, -0.15) is 13.8 Å². The highest BCUT2D eigenvalue weighted by molar-refractivity contribution is 5.71. The van der Waals surface area contributed by atoms with Crippen molar-refractivity contribution in [2.45, 2.75) is 19.5 Å². The molecule has 0 bridgehead atoms. The molecule has 4 rings (SSSR count). The van der Waals surface area contributed by atoms with Crippen LogP contribution in [0.25, 0.3) is 16.9 Å². The lowest BCUT2D eigenvalue weighted by Gasteiger charge is -2.11. The zero-order chi connectivity index (χ0) is 18.1. The van der Waals surface area contributed by atoms with E-state index in [2.05, 4.69) is 19.7 Å². The molecule has 26 heavy (non-hydrogen) atoms. The Morgan fingerprint density at radius 3 is 2.62 bits per heavy atom. The fourth-order valence-corrected chi connectivity index (χ4v) is 2.47. The van der Waals surface area contributed by atoms with Crippen LogP contribution >= 0.6 is 0 Å². The molecule has 9 heteroatoms. The molecule has 134 valence electrons. The molecule has 2 aromatic heterocycles. The average Bonchev–Trinajstić information content (AvgIpc) is 3.45. The summed E-state index contributed by atoms with van der Waals surface area (Å²) < 4.78 is 35.8. The number of benzene rings is 1. The van der Waals surface area contributed by atoms with Gasteiger partial charge in [0.05, 0.1) is 24.7 Å². The number of nitrogens with zero attached hydrogens (tertiary/aromatic N) is 4. The van der Waals surface area contributed by atoms with Gasteiger partial charge >= 0.3 is 12.6 Å². The van der Waals surface area contributed by atoms with Gasteiger partial charge in [0.25, 0.3) is 5.56 Å². The van der Waals surface area contributed by atoms with E-state index in [4.69, 9.17) is 4.74 Å². The zero-order valence-corrected chi connectivity index (χ0v) is 13.5. The largest absolute Gasteiger partial charge is 0.463 e. The fraction of sp³-hybridized carbons (Fsp3) is 0.294. The first-order valence-corrected chi connectivity index (χ1v) is 8.03. The summed E-state index contributed by atoms with van der Waals surface area (Å²) in [6.07, 6.45) is 4.90. The Labute approximate surface area is 146 Å². The van der Waals surface area contributed by atoms with Crippen LogP contribution in [0.15, 0.2) is 41.5 Å². The molecule has 0 atom stereocenters. The van der Waals surface area contributed by atoms with Crippen LogP contribution in [-0.2, 0) is 0 Å². The molecular formula is C17H14F2N4O3. The molecular weight excluding hydrogens is 346 g/mol. The van der Waals surface area contributed by atoms with Crippen molar-refractivity contribution in [2.24, 2.45) is 5.92 Å². The summed E-state index contributed by atoms with van der Waals surface area (Å²) in [5.41, 5.74) is 0.722. The standard InChI is InChI=1S/C17H14F2N4O3/c18-16(19)26-12-5-3-11(4-6-12)23-14(24)8-20-13-7-21-17(22-15(13)23)25-9-10-1-2-10/h3-8,10,16H,1-2,9H2. The van der Waals surface area contributed by atoms with E-state index in [1.807, 2.05) is 0 Å². The van der Waals surface area contributed by atoms with Crippen molar-refractivity contribution in [3.63, 3.8) is 0 Å². The van der Waals surface area contributed by atoms with Crippen molar-refractivity contribution in [2.75, 3.05) is 6.61 Å². The molecule has 0 saturated heterocycles. The summed E-state index contributed by atoms with van der Waals surface area (Å²) in [6, 6.07) is 5.86. The number of alkyl halides is 2. The summed E-state index contributed by atoms with van der Waals surface area (Å²) in [4.78, 5) is 24.8. The van der Waals surface area contributed by atoms with Gasteiger partial charge < -0.3 is 9.47 Å². The van der Waals surface area contributed by atoms with E-state index in [9.17, 15) is 13.6 Å². The van der Waals surface area contributed by atoms with Crippen LogP contribution in [0, 0.1) is 5.92 Å². The second-order valence-corrected chi connectivity index (χ2v) is 5.92. The van der Waals surface area contributed by atoms with E-state index < -0.39 is 12.2 Å². The quantitative estimate of drug-likeness (QED) is 0.672. The minimum Gasteiger partial charge on any atom is -0.463 e. The molecule has 1 aromatic carbocycles. The first kappa shape index (κ1) is 16.4. The summed E-state index contributed by atoms with van der Waals surface area (Å²) in [7, 11) is 0. The molecule has 3 aromatic rings. The predicted molar refractivity (Wildman–Crippen MR) is 87.8 cm³/mol. The first-order chi connectivity index (χ1) is 12.6. The lowest BCUT2D eigenvalue weighted by atomic mass is 10.3. The molecule has 0 spiro atoms. The van der Waals surface area contributed by atoms with Gasteiger partial charge in [0, 0.05) is 0 Å². The van der Waals surface area contributed by atoms with Crippen molar-refractivity contribution < 1.29 is 18.3 Å². The summed E-state index contributed by atoms with van der Waals surface area (Å²) in [5.74, 6) is 0.533. The predicted octanol–water partition coefficient (Wildman–Crippen LogP) is 2.57. The maximum Gasteiger partial charge on any atom is 0.387 e. The Hall–Kier alpha value is -3.10. The molecule has 0 radical (unpaired) electrons. The average molecular weight is 360 g/mol. The summed E-state index contributed by atoms with van der Waals surface area (Å²) >= 11 is 0. The summed E-state index contributed by atoms with van der Waals surface area (Å²) in [6.45, 7) is -2.38. The number of rotatable bonds is 6. The highest BCUT2D eigenvalue weighted by Crippen LogP contribution is 2.29. The van der Waals surface area contributed by atoms with E-state index in [-0.39, 0.29) is 17.4 Å². The molecule has 0 amide bonds. The Kier molecular flexibility index (Phi) is 4.19. The van der Waals surface area contributed by atoms with Crippen LogP contribution < -0.4 is 15.0 Å². The van der Waals surface area contributed by atoms with Gasteiger partial charge in [0.1, 0.15) is 11.3 Å². The lowest BCUT2D eigenvalue weighted by molar-refractivity contribution is -0.0498. The number of hydrogen-bond donors (Lipinski definition) is 0. The number of halogens is 2. The van der Waals surface area contributed by atoms with Crippen molar-refractivity contribution in [1.29, 1.82) is 0 Å². The second-order valence-electron chi connectivity index (χ2n) is 5.92. The maximum absolute atomic E-state index is 12.3. The van der Waals surface area contributed by atoms with Crippen LogP contribution in [0.1, 0.15) is 12.8 Å². The second kappa shape index (κ2) is 6.66. The molecule has 1 fully saturated rings. The Morgan fingerprint density at radius 2 is 1.92 bits per heavy atom. The molecule has 1 aliphatic carbocycles. The van der Waals surface area contributed by atoms with Crippen LogP contribution in [0.2, 0.25) is 0 Å². The fourth-order valence-electron chi connectivity index (χ4n) is 2.47. The van der Waals surface area contributed by atoms with Gasteiger partial charge in [0.2, 0.25) is 0 Å². The number of hydrogen-bond acceptors (Lipinski definition) is 6. The molecule has 2 heterocycles. The van der Waals surface area contributed by atoms with Crippen LogP contribution in [0.5, 0.6) is 11.8 Å². The Morgan fingerprint density at radius 1 is 1.15 bits per heavy atom. The third kappa shape index (κ3) is 3.46. The SMILES string of the molecule is O=c1cnc2cnc(OCC3CC3)nc2n1-c1ccc(OC(F)F)cc1. The topological polar surface area (TPSA) is 79.1 Å². The maximum atomic E-state index is 12.3. The van der Waals surface area contributed by atoms with E-state index >= 15 is 0 Å². The Bertz CT molecular complexity index is 987. The van der Waals surface area contributed by atoms with Crippen molar-refractivity contribution in [3.05, 3.63) is 47.0 Å². The number of aromatic nitrogens is 4. The third-order valence-electron chi connectivity index (χ3n) is 3.94. The smallest absolute Gasteiger partial charge is 0.387 e. The van der Waals surface area contributed by atoms with E-state index in [0.717, 1.165) is 19.0 Å². The van der Waals surface area contributed by atoms with Crippen LogP contribution in [-0.4, -0.2) is 32.7 Å². The van der Waals surface area contributed by atoms with Crippen molar-refractivity contribution >= 4 is 11.2 Å². The molecule has 1 aliphatic rings. The zero-order valence-electron chi connectivity index (χ0n) is 13.5. The minimum atomic E-state index is -2.91. The van der Waals surface area contributed by atoms with Crippen LogP contribution in [0.4, 0.5) is 8.78 Å². The minimum absolute atomic E-state index is 0.00163. The van der Waals surface area contributed by atoms with Crippen molar-refractivity contribution in [3.8, 4) is 17.4 Å². The van der Waals surface area contributed by atoms with Gasteiger partial charge in [0.15, 0.2) is 5.65 Å². The molecule has 0 aliphatic heterocycles. The highest BCUT2D eigenvalue weighted by Gasteiger charge is 2.22. The molecule has 0 unspecified atom stereocenters. The third-order valence-corrected chi connectivity index (χ3v) is 3.94. The summed E-state index contributed by atoms with van der Waals surface area (Å²) in [5, 5.41) is 0. The van der Waals surface area contributed by atoms with E-state index in [1.165, 1.54) is 35.0 Å². The number of ether oxygens (including phenoxy) is 2. The van der Waals surface area contributed by atoms with Gasteiger partial charge in [-0.3, -0.25) is 9.36 Å². The van der Waals surface area contributed by atoms with Gasteiger partial charge in [-0.1, -0.05) is 0 Å². The molecule has 1 saturated carbocycles. The van der Waals surface area contributed by atoms with E-state index in [0.29, 0.717) is 23.7 Å². The lowest BCUT2D eigenvalue weighted by Crippen LogP contribution is -2.20. The normalized spacial score (nSPS) is 14.0. The van der Waals surface area contributed by atoms with E-state index in [1.54, 1.807) is 0 Å². The van der Waals surface area contributed by atoms with Crippen LogP contribution in [0.3, 0.4) is 0 Å². The van der Waals surface area contributed by atoms with Crippen molar-refractivity contribution in [1.82, 2.24) is 19.5 Å². The Balaban J connectivity index is 1.73. The molecule has 0 N–H and O–H groups in total. The number of fused-ring (bicyclic) bond motifs is 1. The first-order valence-electron chi connectivity index (χ1n) is 8.03. The van der Waals surface area contributed by atoms with Gasteiger partial charge in [-0.25, -0.2) is 9.97 Å².